The van der Waals surface area contributed by atoms with Crippen molar-refractivity contribution in [3.63, 3.8) is 0 Å². The van der Waals surface area contributed by atoms with Crippen LogP contribution in [0.5, 0.6) is 0 Å². The first kappa shape index (κ1) is 27.1. The van der Waals surface area contributed by atoms with Crippen molar-refractivity contribution in [3.8, 4) is 0 Å². The van der Waals surface area contributed by atoms with E-state index in [4.69, 9.17) is 0 Å². The molecular weight excluding hydrogens is 472 g/mol. The highest BCUT2D eigenvalue weighted by atomic mass is 32.2. The van der Waals surface area contributed by atoms with Gasteiger partial charge >= 0.3 is 0 Å². The van der Waals surface area contributed by atoms with Gasteiger partial charge in [0.25, 0.3) is 0 Å². The fraction of sp³-hybridized carbons (Fsp3) is 0.967. The Morgan fingerprint density at radius 1 is 0.944 bits per heavy atom. The molecule has 2 N–H and O–H groups in total. The molecule has 5 fully saturated rings. The van der Waals surface area contributed by atoms with E-state index in [0.29, 0.717) is 41.9 Å². The molecule has 5 aliphatic carbocycles. The van der Waals surface area contributed by atoms with E-state index in [2.05, 4.69) is 27.7 Å². The first-order valence-corrected chi connectivity index (χ1v) is 16.7. The molecule has 0 aromatic carbocycles. The summed E-state index contributed by atoms with van der Waals surface area (Å²) in [5.41, 5.74) is 0.397. The number of carbonyl (C=O) groups excluding carboxylic acids is 1. The summed E-state index contributed by atoms with van der Waals surface area (Å²) < 4.78 is 24.5. The Balaban J connectivity index is 1.29. The number of rotatable bonds is 8. The minimum atomic E-state index is -3.22. The maximum atomic E-state index is 12.5. The lowest BCUT2D eigenvalue weighted by atomic mass is 9.41. The van der Waals surface area contributed by atoms with Crippen LogP contribution in [0.1, 0.15) is 105 Å². The van der Waals surface area contributed by atoms with Crippen LogP contribution >= 0.6 is 0 Å². The summed E-state index contributed by atoms with van der Waals surface area (Å²) in [7, 11) is -3.22. The Hall–Kier alpha value is -0.460. The van der Waals surface area contributed by atoms with E-state index in [1.54, 1.807) is 0 Å². The number of fused-ring (bicyclic) bond motifs is 5. The average molecular weight is 523 g/mol. The maximum Gasteiger partial charge on any atom is 0.160 e. The summed E-state index contributed by atoms with van der Waals surface area (Å²) >= 11 is 0. The molecule has 0 amide bonds. The van der Waals surface area contributed by atoms with Crippen molar-refractivity contribution in [2.24, 2.45) is 52.3 Å². The highest BCUT2D eigenvalue weighted by molar-refractivity contribution is 7.93. The standard InChI is InChI=1S/C30H50O5S/c1-5-22-26-16-19(31)12-14-30(26,4)25-13-15-29(3)23(10-11-24(29)27(25)28(22)33)18(2)6-7-20(32)17-36(34,35)21-8-9-21/h18-19,21-28,31,33H,5-17H2,1-4H3/t18-,19-,22-,23-,24+,25+,26+,27+,28-,29-,30-/m1/s1. The van der Waals surface area contributed by atoms with Crippen LogP contribution < -0.4 is 0 Å². The number of carbonyl (C=O) groups is 1. The molecule has 6 heteroatoms. The third kappa shape index (κ3) is 4.43. The van der Waals surface area contributed by atoms with Crippen molar-refractivity contribution in [3.05, 3.63) is 0 Å². The fourth-order valence-corrected chi connectivity index (χ4v) is 12.0. The molecule has 5 nitrogen and oxygen atoms in total. The van der Waals surface area contributed by atoms with E-state index >= 15 is 0 Å². The molecule has 0 heterocycles. The predicted molar refractivity (Wildman–Crippen MR) is 142 cm³/mol. The quantitative estimate of drug-likeness (QED) is 0.459. The zero-order valence-electron chi connectivity index (χ0n) is 23.0. The minimum Gasteiger partial charge on any atom is -0.393 e. The lowest BCUT2D eigenvalue weighted by molar-refractivity contribution is -0.203. The van der Waals surface area contributed by atoms with Gasteiger partial charge in [-0.25, -0.2) is 8.42 Å². The number of sulfone groups is 1. The zero-order valence-corrected chi connectivity index (χ0v) is 23.8. The number of Topliss-reactive ketones (excluding diaryl/α,β-unsaturated/α-hetero) is 1. The molecule has 206 valence electrons. The third-order valence-corrected chi connectivity index (χ3v) is 14.6. The van der Waals surface area contributed by atoms with Gasteiger partial charge in [0.15, 0.2) is 9.84 Å². The highest BCUT2D eigenvalue weighted by Crippen LogP contribution is 2.69. The van der Waals surface area contributed by atoms with Crippen LogP contribution in [0.3, 0.4) is 0 Å². The number of hydrogen-bond donors (Lipinski definition) is 2. The Kier molecular flexibility index (Phi) is 7.25. The highest BCUT2D eigenvalue weighted by Gasteiger charge is 2.64. The zero-order chi connectivity index (χ0) is 26.0. The smallest absolute Gasteiger partial charge is 0.160 e. The van der Waals surface area contributed by atoms with Gasteiger partial charge in [-0.05, 0) is 116 Å². The van der Waals surface area contributed by atoms with Gasteiger partial charge in [0.05, 0.1) is 17.5 Å². The maximum absolute atomic E-state index is 12.5. The van der Waals surface area contributed by atoms with Crippen molar-refractivity contribution >= 4 is 15.6 Å². The second-order valence-electron chi connectivity index (χ2n) is 14.2. The monoisotopic (exact) mass is 522 g/mol. The Labute approximate surface area is 219 Å². The lowest BCUT2D eigenvalue weighted by Crippen LogP contribution is -2.62. The molecule has 0 unspecified atom stereocenters. The fourth-order valence-electron chi connectivity index (χ4n) is 10.4. The van der Waals surface area contributed by atoms with Crippen molar-refractivity contribution in [1.82, 2.24) is 0 Å². The van der Waals surface area contributed by atoms with E-state index in [1.165, 1.54) is 6.42 Å². The number of aliphatic hydroxyl groups is 2. The summed E-state index contributed by atoms with van der Waals surface area (Å²) in [5.74, 6) is 2.63. The van der Waals surface area contributed by atoms with Gasteiger partial charge in [-0.1, -0.05) is 34.1 Å². The van der Waals surface area contributed by atoms with E-state index < -0.39 is 9.84 Å². The van der Waals surface area contributed by atoms with E-state index in [0.717, 1.165) is 64.2 Å². The third-order valence-electron chi connectivity index (χ3n) is 12.4. The lowest BCUT2D eigenvalue weighted by Gasteiger charge is -2.64. The van der Waals surface area contributed by atoms with Crippen molar-refractivity contribution in [2.45, 2.75) is 122 Å². The summed E-state index contributed by atoms with van der Waals surface area (Å²) in [6.45, 7) is 9.44. The van der Waals surface area contributed by atoms with Gasteiger partial charge < -0.3 is 10.2 Å². The Bertz CT molecular complexity index is 943. The van der Waals surface area contributed by atoms with Gasteiger partial charge in [0.1, 0.15) is 11.5 Å². The van der Waals surface area contributed by atoms with Crippen LogP contribution in [0.25, 0.3) is 0 Å². The molecule has 11 atom stereocenters. The normalized spacial score (nSPS) is 47.5. The number of hydrogen-bond acceptors (Lipinski definition) is 5. The second-order valence-corrected chi connectivity index (χ2v) is 16.5. The van der Waals surface area contributed by atoms with E-state index in [-0.39, 0.29) is 45.7 Å². The molecule has 5 saturated carbocycles. The molecule has 36 heavy (non-hydrogen) atoms. The van der Waals surface area contributed by atoms with Gasteiger partial charge in [0, 0.05) is 6.42 Å². The molecule has 0 radical (unpaired) electrons. The van der Waals surface area contributed by atoms with E-state index in [1.807, 2.05) is 0 Å². The molecule has 5 aliphatic rings. The van der Waals surface area contributed by atoms with E-state index in [9.17, 15) is 23.4 Å². The van der Waals surface area contributed by atoms with Crippen LogP contribution in [0.15, 0.2) is 0 Å². The summed E-state index contributed by atoms with van der Waals surface area (Å²) in [5, 5.41) is 22.1. The molecule has 0 aromatic heterocycles. The van der Waals surface area contributed by atoms with Gasteiger partial charge in [-0.2, -0.15) is 0 Å². The van der Waals surface area contributed by atoms with Crippen molar-refractivity contribution in [1.29, 1.82) is 0 Å². The summed E-state index contributed by atoms with van der Waals surface area (Å²) in [4.78, 5) is 12.5. The molecule has 0 aliphatic heterocycles. The number of aliphatic hydroxyl groups excluding tert-OH is 2. The topological polar surface area (TPSA) is 91.7 Å². The van der Waals surface area contributed by atoms with Gasteiger partial charge in [-0.15, -0.1) is 0 Å². The second kappa shape index (κ2) is 9.62. The Morgan fingerprint density at radius 3 is 2.28 bits per heavy atom. The molecule has 0 spiro atoms. The molecule has 0 bridgehead atoms. The van der Waals surface area contributed by atoms with Crippen LogP contribution in [-0.2, 0) is 14.6 Å². The predicted octanol–water partition coefficient (Wildman–Crippen LogP) is 5.18. The van der Waals surface area contributed by atoms with Crippen LogP contribution in [0.2, 0.25) is 0 Å². The summed E-state index contributed by atoms with van der Waals surface area (Å²) in [6.07, 6.45) is 10.6. The van der Waals surface area contributed by atoms with Gasteiger partial charge in [0.2, 0.25) is 0 Å². The molecule has 0 aromatic rings. The minimum absolute atomic E-state index is 0.107. The van der Waals surface area contributed by atoms with Gasteiger partial charge in [-0.3, -0.25) is 4.79 Å². The molecule has 0 saturated heterocycles. The van der Waals surface area contributed by atoms with Crippen molar-refractivity contribution in [2.75, 3.05) is 5.75 Å². The molecular formula is C30H50O5S. The first-order chi connectivity index (χ1) is 16.9. The summed E-state index contributed by atoms with van der Waals surface area (Å²) in [6, 6.07) is 0. The molecule has 5 rings (SSSR count). The van der Waals surface area contributed by atoms with Crippen LogP contribution in [-0.4, -0.2) is 47.6 Å². The first-order valence-electron chi connectivity index (χ1n) is 15.0. The average Bonchev–Trinajstić information content (AvgIpc) is 3.62. The Morgan fingerprint density at radius 2 is 1.61 bits per heavy atom. The van der Waals surface area contributed by atoms with Crippen LogP contribution in [0, 0.1) is 52.3 Å². The SMILES string of the molecule is CC[C@H]1[C@@H](O)[C@@H]2[C@H](CC[C@]3(C)[C@@H]([C@H](C)CCC(=O)CS(=O)(=O)C4CC4)CC[C@@H]23)[C@@]2(C)CC[C@@H](O)C[C@@H]12. The number of ketones is 1. The largest absolute Gasteiger partial charge is 0.393 e. The van der Waals surface area contributed by atoms with Crippen LogP contribution in [0.4, 0.5) is 0 Å². The van der Waals surface area contributed by atoms with Crippen molar-refractivity contribution < 1.29 is 23.4 Å².